The fourth-order valence-corrected chi connectivity index (χ4v) is 13.3. The van der Waals surface area contributed by atoms with Gasteiger partial charge in [0.1, 0.15) is 36.6 Å². The summed E-state index contributed by atoms with van der Waals surface area (Å²) >= 11 is 0. The van der Waals surface area contributed by atoms with Crippen molar-refractivity contribution in [3.05, 3.63) is 11.6 Å². The highest BCUT2D eigenvalue weighted by atomic mass is 16.8. The average molecular weight is 751 g/mol. The number of carboxylic acids is 1. The zero-order valence-corrected chi connectivity index (χ0v) is 32.7. The average Bonchev–Trinajstić information content (AvgIpc) is 3.10. The van der Waals surface area contributed by atoms with Crippen molar-refractivity contribution >= 4 is 5.97 Å². The third-order valence-electron chi connectivity index (χ3n) is 17.0. The first-order valence-electron chi connectivity index (χ1n) is 20.2. The molecule has 53 heavy (non-hydrogen) atoms. The summed E-state index contributed by atoms with van der Waals surface area (Å²) in [7, 11) is 0. The molecule has 2 aliphatic heterocycles. The van der Waals surface area contributed by atoms with E-state index in [1.165, 1.54) is 12.5 Å². The first-order valence-corrected chi connectivity index (χ1v) is 20.2. The van der Waals surface area contributed by atoms with Crippen LogP contribution in [-0.4, -0.2) is 116 Å². The lowest BCUT2D eigenvalue weighted by Gasteiger charge is -2.71. The predicted octanol–water partition coefficient (Wildman–Crippen LogP) is 3.52. The van der Waals surface area contributed by atoms with Crippen LogP contribution < -0.4 is 0 Å². The van der Waals surface area contributed by atoms with Crippen molar-refractivity contribution < 1.29 is 59.5 Å². The molecule has 18 atom stereocenters. The molecular formula is C41H66O12. The molecule has 0 bridgehead atoms. The van der Waals surface area contributed by atoms with E-state index in [-0.39, 0.29) is 46.7 Å². The van der Waals surface area contributed by atoms with Gasteiger partial charge in [-0.05, 0) is 111 Å². The number of aliphatic hydroxyl groups excluding tert-OH is 6. The van der Waals surface area contributed by atoms with Crippen LogP contribution >= 0.6 is 0 Å². The van der Waals surface area contributed by atoms with Gasteiger partial charge in [-0.25, -0.2) is 0 Å². The van der Waals surface area contributed by atoms with Crippen LogP contribution in [0.3, 0.4) is 0 Å². The molecule has 0 aromatic carbocycles. The van der Waals surface area contributed by atoms with Crippen LogP contribution in [0.25, 0.3) is 0 Å². The van der Waals surface area contributed by atoms with Gasteiger partial charge in [0.05, 0.1) is 30.8 Å². The van der Waals surface area contributed by atoms with E-state index in [1.807, 2.05) is 0 Å². The normalized spacial score (nSPS) is 55.1. The van der Waals surface area contributed by atoms with Gasteiger partial charge >= 0.3 is 5.97 Å². The minimum Gasteiger partial charge on any atom is -0.481 e. The number of aliphatic carboxylic acids is 1. The molecule has 302 valence electrons. The molecule has 0 radical (unpaired) electrons. The highest BCUT2D eigenvalue weighted by Gasteiger charge is 2.70. The molecule has 7 N–H and O–H groups in total. The van der Waals surface area contributed by atoms with E-state index in [4.69, 9.17) is 18.9 Å². The van der Waals surface area contributed by atoms with Crippen molar-refractivity contribution in [3.8, 4) is 0 Å². The summed E-state index contributed by atoms with van der Waals surface area (Å²) < 4.78 is 24.3. The van der Waals surface area contributed by atoms with E-state index in [2.05, 4.69) is 47.6 Å². The topological polar surface area (TPSA) is 196 Å². The maximum Gasteiger partial charge on any atom is 0.310 e. The van der Waals surface area contributed by atoms with E-state index in [1.54, 1.807) is 0 Å². The van der Waals surface area contributed by atoms with Crippen LogP contribution in [0.5, 0.6) is 0 Å². The number of carbonyl (C=O) groups is 1. The van der Waals surface area contributed by atoms with E-state index < -0.39 is 78.2 Å². The molecule has 7 rings (SSSR count). The molecule has 0 aromatic rings. The van der Waals surface area contributed by atoms with Gasteiger partial charge in [0.2, 0.25) is 0 Å². The van der Waals surface area contributed by atoms with Crippen LogP contribution in [-0.2, 0) is 23.7 Å². The van der Waals surface area contributed by atoms with E-state index in [0.717, 1.165) is 51.4 Å². The van der Waals surface area contributed by atoms with Crippen molar-refractivity contribution in [2.45, 2.75) is 174 Å². The first-order chi connectivity index (χ1) is 24.7. The Morgan fingerprint density at radius 2 is 1.53 bits per heavy atom. The summed E-state index contributed by atoms with van der Waals surface area (Å²) in [5, 5.41) is 74.9. The largest absolute Gasteiger partial charge is 0.481 e. The lowest BCUT2D eigenvalue weighted by molar-refractivity contribution is -0.365. The number of carboxylic acid groups (broad SMARTS) is 1. The van der Waals surface area contributed by atoms with Crippen LogP contribution in [0.2, 0.25) is 0 Å². The molecule has 0 unspecified atom stereocenters. The number of hydrogen-bond acceptors (Lipinski definition) is 11. The Labute approximate surface area is 314 Å². The summed E-state index contributed by atoms with van der Waals surface area (Å²) in [4.78, 5) is 13.0. The van der Waals surface area contributed by atoms with Gasteiger partial charge in [0.15, 0.2) is 12.6 Å². The Kier molecular flexibility index (Phi) is 10.2. The first kappa shape index (κ1) is 40.0. The maximum atomic E-state index is 13.0. The third-order valence-corrected chi connectivity index (χ3v) is 17.0. The SMILES string of the molecule is C[C@@H]1O[C@H](O[C@@H]2[C@H](O[C@H]3CC[C@]4(C)[C@H](CC[C@]5(C)[C@@H]4CC=C4[C@H]6CC(C)(C)CC[C@@]6(C(=O)O)CC[C@]45C)[C@]3(C)CO)OC[C@@H](O)[C@H]2O)[C@H](O)[C@H](O)[C@H]1O. The molecular weight excluding hydrogens is 684 g/mol. The quantitative estimate of drug-likeness (QED) is 0.155. The Balaban J connectivity index is 1.15. The standard InChI is InChI=1S/C41H66O12/c1-21-28(44)30(46)31(47)33(51-21)53-32-29(45)24(43)19-50-34(32)52-27-11-12-37(4)25(38(27,5)20-42)10-13-40(7)26(37)9-8-22-23-18-36(2,3)14-16-41(23,35(48)49)17-15-39(22,40)6/h8,21,23-34,42-47H,9-20H2,1-7H3,(H,48,49)/t21-,23+,24+,25-,26+,27-,28-,29+,30+,31+,32-,33+,34-,37+,38-,39+,40+,41+/m0/s1. The van der Waals surface area contributed by atoms with Crippen molar-refractivity contribution in [1.29, 1.82) is 0 Å². The molecule has 6 fully saturated rings. The van der Waals surface area contributed by atoms with Crippen LogP contribution in [0, 0.1) is 50.2 Å². The molecule has 12 nitrogen and oxygen atoms in total. The lowest BCUT2D eigenvalue weighted by Crippen LogP contribution is -2.67. The van der Waals surface area contributed by atoms with Gasteiger partial charge in [0, 0.05) is 5.41 Å². The molecule has 12 heteroatoms. The fourth-order valence-electron chi connectivity index (χ4n) is 13.3. The molecule has 0 amide bonds. The number of fused-ring (bicyclic) bond motifs is 7. The van der Waals surface area contributed by atoms with Crippen molar-refractivity contribution in [2.75, 3.05) is 13.2 Å². The second kappa shape index (κ2) is 13.5. The minimum absolute atomic E-state index is 0.0360. The van der Waals surface area contributed by atoms with Crippen molar-refractivity contribution in [2.24, 2.45) is 50.2 Å². The molecule has 0 aromatic heterocycles. The van der Waals surface area contributed by atoms with Crippen LogP contribution in [0.15, 0.2) is 11.6 Å². The molecule has 0 spiro atoms. The van der Waals surface area contributed by atoms with Crippen LogP contribution in [0.1, 0.15) is 113 Å². The van der Waals surface area contributed by atoms with Gasteiger partial charge < -0.3 is 54.7 Å². The second-order valence-electron chi connectivity index (χ2n) is 20.0. The molecule has 4 saturated carbocycles. The molecule has 5 aliphatic carbocycles. The van der Waals surface area contributed by atoms with Gasteiger partial charge in [-0.15, -0.1) is 0 Å². The summed E-state index contributed by atoms with van der Waals surface area (Å²) in [6.45, 7) is 15.1. The predicted molar refractivity (Wildman–Crippen MR) is 192 cm³/mol. The highest BCUT2D eigenvalue weighted by molar-refractivity contribution is 5.76. The number of aliphatic hydroxyl groups is 6. The highest BCUT2D eigenvalue weighted by Crippen LogP contribution is 2.76. The Morgan fingerprint density at radius 3 is 2.21 bits per heavy atom. The van der Waals surface area contributed by atoms with E-state index >= 15 is 0 Å². The van der Waals surface area contributed by atoms with Gasteiger partial charge in [0.25, 0.3) is 0 Å². The Morgan fingerprint density at radius 1 is 0.830 bits per heavy atom. The van der Waals surface area contributed by atoms with E-state index in [0.29, 0.717) is 18.8 Å². The summed E-state index contributed by atoms with van der Waals surface area (Å²) in [6, 6.07) is 0. The molecule has 2 saturated heterocycles. The summed E-state index contributed by atoms with van der Waals surface area (Å²) in [5.74, 6) is -0.194. The van der Waals surface area contributed by atoms with Gasteiger partial charge in [-0.1, -0.05) is 53.2 Å². The number of rotatable bonds is 6. The zero-order valence-electron chi connectivity index (χ0n) is 32.7. The molecule has 2 heterocycles. The minimum atomic E-state index is -1.62. The van der Waals surface area contributed by atoms with Gasteiger partial charge in [-0.3, -0.25) is 4.79 Å². The summed E-state index contributed by atoms with van der Waals surface area (Å²) in [6.07, 6.45) is -1.79. The van der Waals surface area contributed by atoms with Gasteiger partial charge in [-0.2, -0.15) is 0 Å². The summed E-state index contributed by atoms with van der Waals surface area (Å²) in [5.41, 5.74) is -0.239. The Bertz CT molecular complexity index is 1440. The van der Waals surface area contributed by atoms with E-state index in [9.17, 15) is 40.5 Å². The van der Waals surface area contributed by atoms with Crippen molar-refractivity contribution in [1.82, 2.24) is 0 Å². The smallest absolute Gasteiger partial charge is 0.310 e. The lowest BCUT2D eigenvalue weighted by atomic mass is 9.33. The number of allylic oxidation sites excluding steroid dienone is 2. The monoisotopic (exact) mass is 750 g/mol. The molecule has 7 aliphatic rings. The Hall–Kier alpha value is -1.19. The second-order valence-corrected chi connectivity index (χ2v) is 20.0. The van der Waals surface area contributed by atoms with Crippen molar-refractivity contribution in [3.63, 3.8) is 0 Å². The maximum absolute atomic E-state index is 13.0. The fraction of sp³-hybridized carbons (Fsp3) is 0.927. The number of hydrogen-bond donors (Lipinski definition) is 7. The number of ether oxygens (including phenoxy) is 4. The van der Waals surface area contributed by atoms with Crippen LogP contribution in [0.4, 0.5) is 0 Å². The third kappa shape index (κ3) is 5.85. The zero-order chi connectivity index (χ0) is 38.7.